The van der Waals surface area contributed by atoms with E-state index in [0.717, 1.165) is 11.1 Å². The number of nitrogens with one attached hydrogen (secondary N) is 6. The number of unbranched alkanes of at least 4 members (excludes halogenated alkanes) is 3. The Morgan fingerprint density at radius 3 is 1.24 bits per heavy atom. The van der Waals surface area contributed by atoms with Gasteiger partial charge in [0.25, 0.3) is 0 Å². The van der Waals surface area contributed by atoms with E-state index in [1.807, 2.05) is 60.7 Å². The topological polar surface area (TPSA) is 249 Å². The van der Waals surface area contributed by atoms with Crippen molar-refractivity contribution in [2.24, 2.45) is 0 Å². The molecule has 3 atom stereocenters. The first-order chi connectivity index (χ1) is 29.3. The number of carbonyl (C=O) groups excluding carboxylic acids is 6. The fourth-order valence-electron chi connectivity index (χ4n) is 5.65. The Hall–Kier alpha value is -6.07. The SMILES string of the molecule is CC(C)(C)OC(=O)N[C@@H](CCCCNC(=O)OCc1ccccc1)C(=O)NCCCC[C@H](NC(=O)[C@H](CCCCNC(=O)OCc1ccccc1)NC(=O)OC(C)(C)C)C(=O)O. The lowest BCUT2D eigenvalue weighted by Crippen LogP contribution is -2.52. The third kappa shape index (κ3) is 24.9. The van der Waals surface area contributed by atoms with Gasteiger partial charge in [-0.1, -0.05) is 60.7 Å². The molecule has 0 aliphatic rings. The van der Waals surface area contributed by atoms with E-state index in [9.17, 15) is 38.7 Å². The fraction of sp³-hybridized carbons (Fsp3) is 0.568. The Bertz CT molecular complexity index is 1700. The molecule has 0 aromatic heterocycles. The zero-order valence-electron chi connectivity index (χ0n) is 36.8. The molecule has 18 heteroatoms. The lowest BCUT2D eigenvalue weighted by atomic mass is 10.1. The maximum Gasteiger partial charge on any atom is 0.408 e. The van der Waals surface area contributed by atoms with Crippen LogP contribution in [0.5, 0.6) is 0 Å². The van der Waals surface area contributed by atoms with E-state index >= 15 is 0 Å². The maximum absolute atomic E-state index is 13.4. The molecule has 0 aliphatic carbocycles. The van der Waals surface area contributed by atoms with E-state index < -0.39 is 71.5 Å². The Labute approximate surface area is 364 Å². The highest BCUT2D eigenvalue weighted by molar-refractivity contribution is 5.89. The lowest BCUT2D eigenvalue weighted by molar-refractivity contribution is -0.142. The predicted molar refractivity (Wildman–Crippen MR) is 230 cm³/mol. The van der Waals surface area contributed by atoms with E-state index in [1.165, 1.54) is 0 Å². The number of benzene rings is 2. The van der Waals surface area contributed by atoms with Gasteiger partial charge in [-0.15, -0.1) is 0 Å². The first-order valence-corrected chi connectivity index (χ1v) is 21.0. The van der Waals surface area contributed by atoms with Gasteiger partial charge in [0.15, 0.2) is 0 Å². The van der Waals surface area contributed by atoms with Crippen molar-refractivity contribution in [3.8, 4) is 0 Å². The van der Waals surface area contributed by atoms with Crippen LogP contribution in [0.1, 0.15) is 110 Å². The summed E-state index contributed by atoms with van der Waals surface area (Å²) in [6, 6.07) is 15.1. The molecule has 0 unspecified atom stereocenters. The van der Waals surface area contributed by atoms with Gasteiger partial charge in [-0.3, -0.25) is 9.59 Å². The number of carboxylic acids is 1. The lowest BCUT2D eigenvalue weighted by Gasteiger charge is -2.24. The Morgan fingerprint density at radius 2 is 0.855 bits per heavy atom. The van der Waals surface area contributed by atoms with Gasteiger partial charge in [-0.05, 0) is 110 Å². The van der Waals surface area contributed by atoms with Gasteiger partial charge in [0, 0.05) is 19.6 Å². The van der Waals surface area contributed by atoms with Crippen LogP contribution in [0.3, 0.4) is 0 Å². The van der Waals surface area contributed by atoms with Crippen molar-refractivity contribution in [1.82, 2.24) is 31.9 Å². The summed E-state index contributed by atoms with van der Waals surface area (Å²) in [7, 11) is 0. The highest BCUT2D eigenvalue weighted by Crippen LogP contribution is 2.12. The molecule has 0 radical (unpaired) electrons. The normalized spacial score (nSPS) is 12.6. The summed E-state index contributed by atoms with van der Waals surface area (Å²) in [5, 5.41) is 25.7. The average molecular weight is 871 g/mol. The number of hydrogen-bond donors (Lipinski definition) is 7. The van der Waals surface area contributed by atoms with Gasteiger partial charge >= 0.3 is 30.3 Å². The number of alkyl carbamates (subject to hydrolysis) is 4. The molecule has 0 bridgehead atoms. The zero-order valence-corrected chi connectivity index (χ0v) is 36.8. The molecule has 0 heterocycles. The van der Waals surface area contributed by atoms with Crippen LogP contribution in [0, 0.1) is 0 Å². The molecule has 2 rings (SSSR count). The number of amides is 6. The quantitative estimate of drug-likeness (QED) is 0.0461. The fourth-order valence-corrected chi connectivity index (χ4v) is 5.65. The minimum Gasteiger partial charge on any atom is -0.480 e. The third-order valence-electron chi connectivity index (χ3n) is 8.65. The zero-order chi connectivity index (χ0) is 46.0. The summed E-state index contributed by atoms with van der Waals surface area (Å²) in [5.74, 6) is -2.47. The summed E-state index contributed by atoms with van der Waals surface area (Å²) >= 11 is 0. The number of carboxylic acid groups (broad SMARTS) is 1. The Kier molecular flexibility index (Phi) is 23.3. The summed E-state index contributed by atoms with van der Waals surface area (Å²) in [4.78, 5) is 88.1. The van der Waals surface area contributed by atoms with E-state index in [1.54, 1.807) is 41.5 Å². The molecule has 18 nitrogen and oxygen atoms in total. The van der Waals surface area contributed by atoms with Crippen LogP contribution < -0.4 is 31.9 Å². The van der Waals surface area contributed by atoms with E-state index in [4.69, 9.17) is 18.9 Å². The highest BCUT2D eigenvalue weighted by atomic mass is 16.6. The number of aliphatic carboxylic acids is 1. The molecule has 62 heavy (non-hydrogen) atoms. The first kappa shape index (κ1) is 52.1. The van der Waals surface area contributed by atoms with Gasteiger partial charge in [0.1, 0.15) is 42.5 Å². The summed E-state index contributed by atoms with van der Waals surface area (Å²) < 4.78 is 21.1. The van der Waals surface area contributed by atoms with Crippen molar-refractivity contribution in [3.63, 3.8) is 0 Å². The molecular weight excluding hydrogens is 805 g/mol. The van der Waals surface area contributed by atoms with Crippen LogP contribution >= 0.6 is 0 Å². The molecule has 0 fully saturated rings. The van der Waals surface area contributed by atoms with Gasteiger partial charge in [0.05, 0.1) is 0 Å². The van der Waals surface area contributed by atoms with Crippen molar-refractivity contribution in [2.45, 2.75) is 142 Å². The predicted octanol–water partition coefficient (Wildman–Crippen LogP) is 5.82. The molecule has 2 aromatic carbocycles. The third-order valence-corrected chi connectivity index (χ3v) is 8.65. The van der Waals surface area contributed by atoms with Crippen molar-refractivity contribution in [3.05, 3.63) is 71.8 Å². The second kappa shape index (κ2) is 27.7. The van der Waals surface area contributed by atoms with Crippen molar-refractivity contribution < 1.29 is 57.6 Å². The maximum atomic E-state index is 13.4. The van der Waals surface area contributed by atoms with Crippen LogP contribution in [0.15, 0.2) is 60.7 Å². The monoisotopic (exact) mass is 870 g/mol. The standard InChI is InChI=1S/C44H66N6O12/c1-43(2,3)61-41(57)49-33(23-13-17-27-46-39(55)59-29-31-19-9-7-10-20-31)36(51)45-26-16-15-25-35(38(53)54)48-37(52)34(50-42(58)62-44(4,5)6)24-14-18-28-47-40(56)60-30-32-21-11-8-12-22-32/h7-12,19-22,33-35H,13-18,23-30H2,1-6H3,(H,45,51)(H,46,55)(H,47,56)(H,48,52)(H,49,57)(H,50,58)(H,53,54)/t33-,34-,35-/m0/s1. The molecule has 0 spiro atoms. The molecule has 0 aliphatic heterocycles. The van der Waals surface area contributed by atoms with Crippen molar-refractivity contribution >= 4 is 42.2 Å². The van der Waals surface area contributed by atoms with Crippen LogP contribution in [-0.2, 0) is 46.5 Å². The molecule has 6 amide bonds. The van der Waals surface area contributed by atoms with Gasteiger partial charge < -0.3 is 56.0 Å². The second-order valence-electron chi connectivity index (χ2n) is 16.6. The average Bonchev–Trinajstić information content (AvgIpc) is 3.19. The van der Waals surface area contributed by atoms with Crippen molar-refractivity contribution in [1.29, 1.82) is 0 Å². The van der Waals surface area contributed by atoms with Crippen LogP contribution in [-0.4, -0.2) is 96.2 Å². The minimum absolute atomic E-state index is 0.0193. The number of rotatable bonds is 25. The van der Waals surface area contributed by atoms with E-state index in [2.05, 4.69) is 31.9 Å². The van der Waals surface area contributed by atoms with Gasteiger partial charge in [-0.2, -0.15) is 0 Å². The summed E-state index contributed by atoms with van der Waals surface area (Å²) in [6.07, 6.45) is 0.0331. The van der Waals surface area contributed by atoms with Gasteiger partial charge in [-0.25, -0.2) is 24.0 Å². The van der Waals surface area contributed by atoms with Crippen LogP contribution in [0.25, 0.3) is 0 Å². The van der Waals surface area contributed by atoms with Crippen LogP contribution in [0.4, 0.5) is 19.2 Å². The van der Waals surface area contributed by atoms with E-state index in [0.29, 0.717) is 45.1 Å². The Morgan fingerprint density at radius 1 is 0.484 bits per heavy atom. The molecule has 2 aromatic rings. The largest absolute Gasteiger partial charge is 0.480 e. The second-order valence-corrected chi connectivity index (χ2v) is 16.6. The molecule has 0 saturated carbocycles. The number of ether oxygens (including phenoxy) is 4. The van der Waals surface area contributed by atoms with Crippen LogP contribution in [0.2, 0.25) is 0 Å². The number of carbonyl (C=O) groups is 7. The molecule has 0 saturated heterocycles. The first-order valence-electron chi connectivity index (χ1n) is 21.0. The minimum atomic E-state index is -1.30. The van der Waals surface area contributed by atoms with Crippen molar-refractivity contribution in [2.75, 3.05) is 19.6 Å². The smallest absolute Gasteiger partial charge is 0.408 e. The van der Waals surface area contributed by atoms with Gasteiger partial charge in [0.2, 0.25) is 11.8 Å². The summed E-state index contributed by atoms with van der Waals surface area (Å²) in [6.45, 7) is 11.0. The molecular formula is C44H66N6O12. The summed E-state index contributed by atoms with van der Waals surface area (Å²) in [5.41, 5.74) is 0.0435. The Balaban J connectivity index is 1.85. The van der Waals surface area contributed by atoms with E-state index in [-0.39, 0.29) is 45.6 Å². The molecule has 344 valence electrons. The highest BCUT2D eigenvalue weighted by Gasteiger charge is 2.28. The number of hydrogen-bond acceptors (Lipinski definition) is 11. The molecule has 7 N–H and O–H groups in total.